The van der Waals surface area contributed by atoms with E-state index in [9.17, 15) is 10.2 Å². The summed E-state index contributed by atoms with van der Waals surface area (Å²) in [6.07, 6.45) is 4.80. The maximum Gasteiger partial charge on any atom is 0.0735 e. The molecule has 2 spiro atoms. The first-order valence-corrected chi connectivity index (χ1v) is 8.95. The van der Waals surface area contributed by atoms with E-state index in [1.807, 2.05) is 6.07 Å². The van der Waals surface area contributed by atoms with E-state index in [-0.39, 0.29) is 30.0 Å². The quantitative estimate of drug-likeness (QED) is 0.759. The third kappa shape index (κ3) is 3.63. The molecule has 2 unspecified atom stereocenters. The van der Waals surface area contributed by atoms with Gasteiger partial charge in [-0.3, -0.25) is 4.90 Å². The van der Waals surface area contributed by atoms with Crippen molar-refractivity contribution in [2.45, 2.75) is 44.4 Å². The topological polar surface area (TPSA) is 55.7 Å². The summed E-state index contributed by atoms with van der Waals surface area (Å²) in [6.45, 7) is 4.80. The highest BCUT2D eigenvalue weighted by molar-refractivity contribution is 5.85. The summed E-state index contributed by atoms with van der Waals surface area (Å²) in [5.74, 6) is 0. The number of hydrogen-bond donors (Lipinski definition) is 3. The van der Waals surface area contributed by atoms with Crippen LogP contribution in [0.4, 0.5) is 0 Å². The Bertz CT molecular complexity index is 546. The van der Waals surface area contributed by atoms with Crippen LogP contribution in [0.25, 0.3) is 0 Å². The fourth-order valence-electron chi connectivity index (χ4n) is 4.13. The number of nitrogens with zero attached hydrogens (tertiary/aromatic N) is 1. The number of aliphatic hydroxyl groups excluding tert-OH is 2. The molecule has 1 aromatic carbocycles. The van der Waals surface area contributed by atoms with Gasteiger partial charge in [0, 0.05) is 43.6 Å². The number of β-amino-alcohol motifs (C(OH)–C–C–N with tert-alkyl or cyclic N) is 2. The monoisotopic (exact) mass is 352 g/mol. The Labute approximate surface area is 150 Å². The molecule has 2 aliphatic heterocycles. The number of benzene rings is 1. The summed E-state index contributed by atoms with van der Waals surface area (Å²) >= 11 is 0. The average Bonchev–Trinajstić information content (AvgIpc) is 3.42. The van der Waals surface area contributed by atoms with Gasteiger partial charge >= 0.3 is 0 Å². The maximum atomic E-state index is 9.93. The van der Waals surface area contributed by atoms with E-state index < -0.39 is 0 Å². The summed E-state index contributed by atoms with van der Waals surface area (Å²) in [5.41, 5.74) is 1.98. The van der Waals surface area contributed by atoms with E-state index in [1.54, 1.807) is 0 Å². The van der Waals surface area contributed by atoms with Gasteiger partial charge in [0.2, 0.25) is 0 Å². The molecule has 0 aromatic heterocycles. The highest BCUT2D eigenvalue weighted by atomic mass is 35.5. The van der Waals surface area contributed by atoms with Gasteiger partial charge in [-0.25, -0.2) is 0 Å². The molecule has 4 nitrogen and oxygen atoms in total. The Morgan fingerprint density at radius 3 is 2.12 bits per heavy atom. The van der Waals surface area contributed by atoms with E-state index in [4.69, 9.17) is 0 Å². The van der Waals surface area contributed by atoms with Gasteiger partial charge < -0.3 is 15.5 Å². The molecule has 24 heavy (non-hydrogen) atoms. The van der Waals surface area contributed by atoms with E-state index >= 15 is 0 Å². The van der Waals surface area contributed by atoms with Crippen LogP contribution in [0.15, 0.2) is 30.3 Å². The Morgan fingerprint density at radius 2 is 1.67 bits per heavy atom. The molecule has 2 aliphatic carbocycles. The van der Waals surface area contributed by atoms with Crippen molar-refractivity contribution in [1.82, 2.24) is 10.2 Å². The van der Waals surface area contributed by atoms with Crippen molar-refractivity contribution in [3.8, 4) is 0 Å². The van der Waals surface area contributed by atoms with Crippen molar-refractivity contribution in [3.05, 3.63) is 35.9 Å². The van der Waals surface area contributed by atoms with Gasteiger partial charge in [0.05, 0.1) is 12.2 Å². The zero-order valence-electron chi connectivity index (χ0n) is 14.2. The number of hydrogen-bond acceptors (Lipinski definition) is 4. The van der Waals surface area contributed by atoms with Gasteiger partial charge in [-0.15, -0.1) is 12.4 Å². The normalized spacial score (nSPS) is 31.4. The van der Waals surface area contributed by atoms with Crippen molar-refractivity contribution >= 4 is 12.4 Å². The largest absolute Gasteiger partial charge is 0.391 e. The van der Waals surface area contributed by atoms with Crippen LogP contribution in [0.1, 0.15) is 31.2 Å². The van der Waals surface area contributed by atoms with Crippen LogP contribution in [0, 0.1) is 10.8 Å². The number of rotatable bonds is 2. The third-order valence-electron chi connectivity index (χ3n) is 6.23. The van der Waals surface area contributed by atoms with Crippen molar-refractivity contribution in [2.24, 2.45) is 10.8 Å². The smallest absolute Gasteiger partial charge is 0.0735 e. The van der Waals surface area contributed by atoms with Crippen LogP contribution in [-0.4, -0.2) is 53.5 Å². The highest BCUT2D eigenvalue weighted by Crippen LogP contribution is 2.53. The number of nitrogens with one attached hydrogen (secondary N) is 1. The molecular formula is C19H29ClN2O2. The molecular weight excluding hydrogens is 324 g/mol. The lowest BCUT2D eigenvalue weighted by atomic mass is 10.0. The molecule has 1 aromatic rings. The summed E-state index contributed by atoms with van der Waals surface area (Å²) in [4.78, 5) is 2.38. The summed E-state index contributed by atoms with van der Waals surface area (Å²) in [5, 5.41) is 22.4. The van der Waals surface area contributed by atoms with Gasteiger partial charge in [-0.1, -0.05) is 30.3 Å². The Hall–Kier alpha value is -0.650. The SMILES string of the molecule is Cl.OC1CN(Cc2ccccc2)CC12CC2.OC1CNCC12CC2. The zero-order valence-corrected chi connectivity index (χ0v) is 15.0. The van der Waals surface area contributed by atoms with Gasteiger partial charge in [-0.2, -0.15) is 0 Å². The molecule has 4 aliphatic rings. The van der Waals surface area contributed by atoms with Crippen LogP contribution in [-0.2, 0) is 6.54 Å². The molecule has 0 amide bonds. The molecule has 0 bridgehead atoms. The molecule has 4 fully saturated rings. The van der Waals surface area contributed by atoms with E-state index in [1.165, 1.54) is 31.2 Å². The fraction of sp³-hybridized carbons (Fsp3) is 0.684. The first-order valence-electron chi connectivity index (χ1n) is 8.95. The second-order valence-corrected chi connectivity index (χ2v) is 8.04. The summed E-state index contributed by atoms with van der Waals surface area (Å²) in [6, 6.07) is 10.5. The molecule has 2 atom stereocenters. The average molecular weight is 353 g/mol. The summed E-state index contributed by atoms with van der Waals surface area (Å²) < 4.78 is 0. The minimum Gasteiger partial charge on any atom is -0.391 e. The Kier molecular flexibility index (Phi) is 5.24. The van der Waals surface area contributed by atoms with Crippen LogP contribution in [0.3, 0.4) is 0 Å². The first-order chi connectivity index (χ1) is 11.1. The third-order valence-corrected chi connectivity index (χ3v) is 6.23. The van der Waals surface area contributed by atoms with Crippen LogP contribution >= 0.6 is 12.4 Å². The Balaban J connectivity index is 0.000000159. The molecule has 2 heterocycles. The lowest BCUT2D eigenvalue weighted by Gasteiger charge is -2.14. The zero-order chi connectivity index (χ0) is 15.9. The Morgan fingerprint density at radius 1 is 1.00 bits per heavy atom. The maximum absolute atomic E-state index is 9.93. The van der Waals surface area contributed by atoms with Crippen molar-refractivity contribution in [2.75, 3.05) is 26.2 Å². The summed E-state index contributed by atoms with van der Waals surface area (Å²) in [7, 11) is 0. The standard InChI is InChI=1S/C13H17NO.C6H11NO.ClH/c15-12-9-14(10-13(12)6-7-13)8-11-4-2-1-3-5-11;8-5-3-7-4-6(5)1-2-6;/h1-5,12,15H,6-10H2;5,7-8H,1-4H2;1H. The molecule has 134 valence electrons. The molecule has 5 heteroatoms. The van der Waals surface area contributed by atoms with Crippen LogP contribution in [0.5, 0.6) is 0 Å². The number of likely N-dealkylation sites (tertiary alicyclic amines) is 1. The van der Waals surface area contributed by atoms with Gasteiger partial charge in [0.1, 0.15) is 0 Å². The lowest BCUT2D eigenvalue weighted by molar-refractivity contribution is 0.131. The molecule has 5 rings (SSSR count). The molecule has 2 saturated carbocycles. The highest BCUT2D eigenvalue weighted by Gasteiger charge is 2.54. The van der Waals surface area contributed by atoms with E-state index in [0.717, 1.165) is 32.7 Å². The van der Waals surface area contributed by atoms with Crippen molar-refractivity contribution < 1.29 is 10.2 Å². The minimum absolute atomic E-state index is 0. The minimum atomic E-state index is -0.0822. The number of halogens is 1. The number of aliphatic hydroxyl groups is 2. The molecule has 3 N–H and O–H groups in total. The van der Waals surface area contributed by atoms with Crippen LogP contribution in [0.2, 0.25) is 0 Å². The molecule has 0 radical (unpaired) electrons. The van der Waals surface area contributed by atoms with Crippen LogP contribution < -0.4 is 5.32 Å². The van der Waals surface area contributed by atoms with Gasteiger partial charge in [0.25, 0.3) is 0 Å². The second-order valence-electron chi connectivity index (χ2n) is 8.04. The van der Waals surface area contributed by atoms with Crippen molar-refractivity contribution in [3.63, 3.8) is 0 Å². The van der Waals surface area contributed by atoms with Gasteiger partial charge in [0.15, 0.2) is 0 Å². The van der Waals surface area contributed by atoms with Crippen molar-refractivity contribution in [1.29, 1.82) is 0 Å². The molecule has 2 saturated heterocycles. The second kappa shape index (κ2) is 6.93. The van der Waals surface area contributed by atoms with E-state index in [0.29, 0.717) is 5.41 Å². The first kappa shape index (κ1) is 18.2. The van der Waals surface area contributed by atoms with Gasteiger partial charge in [-0.05, 0) is 31.2 Å². The van der Waals surface area contributed by atoms with E-state index in [2.05, 4.69) is 34.5 Å². The lowest BCUT2D eigenvalue weighted by Crippen LogP contribution is -2.21. The fourth-order valence-corrected chi connectivity index (χ4v) is 4.13. The predicted octanol–water partition coefficient (Wildman–Crippen LogP) is 1.80. The predicted molar refractivity (Wildman–Crippen MR) is 97.2 cm³/mol.